The first kappa shape index (κ1) is 12.3. The van der Waals surface area contributed by atoms with Gasteiger partial charge in [0.05, 0.1) is 0 Å². The number of nitrogens with one attached hydrogen (secondary N) is 1. The Kier molecular flexibility index (Phi) is 4.31. The average Bonchev–Trinajstić information content (AvgIpc) is 2.35. The number of hydrogen-bond acceptors (Lipinski definition) is 4. The van der Waals surface area contributed by atoms with Crippen LogP contribution in [0.25, 0.3) is 0 Å². The molecule has 0 amide bonds. The van der Waals surface area contributed by atoms with Crippen molar-refractivity contribution in [2.45, 2.75) is 45.1 Å². The van der Waals surface area contributed by atoms with Gasteiger partial charge in [-0.25, -0.2) is 9.97 Å². The van der Waals surface area contributed by atoms with Crippen LogP contribution in [0.15, 0.2) is 12.4 Å². The molecule has 1 aliphatic carbocycles. The van der Waals surface area contributed by atoms with Crippen molar-refractivity contribution in [2.24, 2.45) is 5.92 Å². The summed E-state index contributed by atoms with van der Waals surface area (Å²) in [6, 6.07) is 0.415. The first-order chi connectivity index (χ1) is 8.29. The van der Waals surface area contributed by atoms with Crippen LogP contribution in [0.1, 0.15) is 37.7 Å². The lowest BCUT2D eigenvalue weighted by Crippen LogP contribution is -2.33. The van der Waals surface area contributed by atoms with Crippen LogP contribution in [0.5, 0.6) is 0 Å². The second-order valence-corrected chi connectivity index (χ2v) is 4.89. The standard InChI is InChI=1S/C13H21N3O/c1-10-8-14-13(15-9-10)16-12-5-3-2-4-11(12)6-7-17/h8-9,11-12,17H,2-7H2,1H3,(H,14,15,16)/t11-,12-/m1/s1. The van der Waals surface area contributed by atoms with Crippen LogP contribution in [0.2, 0.25) is 0 Å². The van der Waals surface area contributed by atoms with Gasteiger partial charge in [0.1, 0.15) is 0 Å². The Balaban J connectivity index is 1.97. The van der Waals surface area contributed by atoms with E-state index in [1.165, 1.54) is 19.3 Å². The van der Waals surface area contributed by atoms with E-state index in [2.05, 4.69) is 15.3 Å². The monoisotopic (exact) mass is 235 g/mol. The molecule has 0 bridgehead atoms. The molecule has 2 atom stereocenters. The minimum Gasteiger partial charge on any atom is -0.396 e. The van der Waals surface area contributed by atoms with Gasteiger partial charge in [0.2, 0.25) is 5.95 Å². The molecule has 4 nitrogen and oxygen atoms in total. The number of rotatable bonds is 4. The Labute approximate surface area is 102 Å². The number of aryl methyl sites for hydroxylation is 1. The van der Waals surface area contributed by atoms with Crippen molar-refractivity contribution in [3.63, 3.8) is 0 Å². The SMILES string of the molecule is Cc1cnc(N[C@@H]2CCCC[C@@H]2CCO)nc1. The maximum atomic E-state index is 9.08. The van der Waals surface area contributed by atoms with E-state index in [4.69, 9.17) is 5.11 Å². The van der Waals surface area contributed by atoms with Gasteiger partial charge in [0, 0.05) is 25.0 Å². The topological polar surface area (TPSA) is 58.0 Å². The average molecular weight is 235 g/mol. The normalized spacial score (nSPS) is 24.6. The van der Waals surface area contributed by atoms with Crippen LogP contribution >= 0.6 is 0 Å². The van der Waals surface area contributed by atoms with Crippen LogP contribution in [0.3, 0.4) is 0 Å². The molecule has 4 heteroatoms. The summed E-state index contributed by atoms with van der Waals surface area (Å²) in [6.45, 7) is 2.26. The van der Waals surface area contributed by atoms with Crippen molar-refractivity contribution >= 4 is 5.95 Å². The van der Waals surface area contributed by atoms with Crippen LogP contribution in [-0.2, 0) is 0 Å². The zero-order valence-corrected chi connectivity index (χ0v) is 10.4. The van der Waals surface area contributed by atoms with Crippen LogP contribution in [0, 0.1) is 12.8 Å². The molecular formula is C13H21N3O. The third kappa shape index (κ3) is 3.40. The molecule has 0 aliphatic heterocycles. The minimum absolute atomic E-state index is 0.275. The summed E-state index contributed by atoms with van der Waals surface area (Å²) < 4.78 is 0. The first-order valence-electron chi connectivity index (χ1n) is 6.45. The van der Waals surface area contributed by atoms with Gasteiger partial charge in [-0.2, -0.15) is 0 Å². The van der Waals surface area contributed by atoms with Crippen LogP contribution < -0.4 is 5.32 Å². The van der Waals surface area contributed by atoms with Gasteiger partial charge < -0.3 is 10.4 Å². The molecule has 17 heavy (non-hydrogen) atoms. The maximum Gasteiger partial charge on any atom is 0.222 e. The maximum absolute atomic E-state index is 9.08. The number of anilines is 1. The third-order valence-corrected chi connectivity index (χ3v) is 3.50. The van der Waals surface area contributed by atoms with Crippen molar-refractivity contribution in [1.82, 2.24) is 9.97 Å². The van der Waals surface area contributed by atoms with E-state index >= 15 is 0 Å². The number of aliphatic hydroxyl groups is 1. The summed E-state index contributed by atoms with van der Waals surface area (Å²) in [7, 11) is 0. The molecule has 1 aromatic rings. The lowest BCUT2D eigenvalue weighted by atomic mass is 9.82. The van der Waals surface area contributed by atoms with E-state index in [1.54, 1.807) is 0 Å². The molecule has 0 spiro atoms. The Bertz CT molecular complexity index is 337. The Morgan fingerprint density at radius 2 is 2.00 bits per heavy atom. The van der Waals surface area contributed by atoms with E-state index < -0.39 is 0 Å². The summed E-state index contributed by atoms with van der Waals surface area (Å²) in [5.41, 5.74) is 1.08. The molecular weight excluding hydrogens is 214 g/mol. The van der Waals surface area contributed by atoms with Crippen LogP contribution in [-0.4, -0.2) is 27.7 Å². The van der Waals surface area contributed by atoms with Gasteiger partial charge >= 0.3 is 0 Å². The molecule has 0 saturated heterocycles. The fourth-order valence-corrected chi connectivity index (χ4v) is 2.54. The zero-order chi connectivity index (χ0) is 12.1. The van der Waals surface area contributed by atoms with Crippen molar-refractivity contribution in [2.75, 3.05) is 11.9 Å². The molecule has 2 rings (SSSR count). The second kappa shape index (κ2) is 5.96. The van der Waals surface area contributed by atoms with Gasteiger partial charge in [-0.05, 0) is 37.7 Å². The van der Waals surface area contributed by atoms with E-state index in [0.29, 0.717) is 17.9 Å². The smallest absolute Gasteiger partial charge is 0.222 e. The minimum atomic E-state index is 0.275. The Morgan fingerprint density at radius 3 is 2.71 bits per heavy atom. The van der Waals surface area contributed by atoms with Crippen molar-refractivity contribution in [3.05, 3.63) is 18.0 Å². The highest BCUT2D eigenvalue weighted by Gasteiger charge is 2.24. The highest BCUT2D eigenvalue weighted by molar-refractivity contribution is 5.26. The highest BCUT2D eigenvalue weighted by Crippen LogP contribution is 2.28. The van der Waals surface area contributed by atoms with Crippen molar-refractivity contribution in [1.29, 1.82) is 0 Å². The van der Waals surface area contributed by atoms with E-state index in [0.717, 1.165) is 18.4 Å². The molecule has 1 saturated carbocycles. The summed E-state index contributed by atoms with van der Waals surface area (Å²) >= 11 is 0. The lowest BCUT2D eigenvalue weighted by Gasteiger charge is -2.31. The van der Waals surface area contributed by atoms with E-state index in [1.807, 2.05) is 19.3 Å². The first-order valence-corrected chi connectivity index (χ1v) is 6.45. The third-order valence-electron chi connectivity index (χ3n) is 3.50. The van der Waals surface area contributed by atoms with Gasteiger partial charge in [0.15, 0.2) is 0 Å². The van der Waals surface area contributed by atoms with Gasteiger partial charge in [-0.15, -0.1) is 0 Å². The molecule has 0 radical (unpaired) electrons. The summed E-state index contributed by atoms with van der Waals surface area (Å²) in [5, 5.41) is 12.5. The number of hydrogen-bond donors (Lipinski definition) is 2. The van der Waals surface area contributed by atoms with Crippen molar-refractivity contribution < 1.29 is 5.11 Å². The van der Waals surface area contributed by atoms with E-state index in [-0.39, 0.29) is 6.61 Å². The number of nitrogens with zero attached hydrogens (tertiary/aromatic N) is 2. The molecule has 94 valence electrons. The predicted octanol–water partition coefficient (Wildman–Crippen LogP) is 2.14. The molecule has 0 aromatic carbocycles. The summed E-state index contributed by atoms with van der Waals surface area (Å²) in [6.07, 6.45) is 9.43. The van der Waals surface area contributed by atoms with Gasteiger partial charge in [0.25, 0.3) is 0 Å². The molecule has 1 aromatic heterocycles. The highest BCUT2D eigenvalue weighted by atomic mass is 16.3. The zero-order valence-electron chi connectivity index (χ0n) is 10.4. The van der Waals surface area contributed by atoms with E-state index in [9.17, 15) is 0 Å². The second-order valence-electron chi connectivity index (χ2n) is 4.89. The van der Waals surface area contributed by atoms with Gasteiger partial charge in [-0.3, -0.25) is 0 Å². The quantitative estimate of drug-likeness (QED) is 0.839. The summed E-state index contributed by atoms with van der Waals surface area (Å²) in [5.74, 6) is 1.27. The fraction of sp³-hybridized carbons (Fsp3) is 0.692. The lowest BCUT2D eigenvalue weighted by molar-refractivity contribution is 0.219. The largest absolute Gasteiger partial charge is 0.396 e. The molecule has 1 heterocycles. The number of aliphatic hydroxyl groups excluding tert-OH is 1. The molecule has 2 N–H and O–H groups in total. The molecule has 1 fully saturated rings. The number of aromatic nitrogens is 2. The predicted molar refractivity (Wildman–Crippen MR) is 67.8 cm³/mol. The molecule has 1 aliphatic rings. The fourth-order valence-electron chi connectivity index (χ4n) is 2.54. The Morgan fingerprint density at radius 1 is 1.29 bits per heavy atom. The van der Waals surface area contributed by atoms with Crippen molar-refractivity contribution in [3.8, 4) is 0 Å². The van der Waals surface area contributed by atoms with Gasteiger partial charge in [-0.1, -0.05) is 12.8 Å². The van der Waals surface area contributed by atoms with Crippen LogP contribution in [0.4, 0.5) is 5.95 Å². The summed E-state index contributed by atoms with van der Waals surface area (Å²) in [4.78, 5) is 8.56. The molecule has 0 unspecified atom stereocenters. The Hall–Kier alpha value is -1.16.